The van der Waals surface area contributed by atoms with Gasteiger partial charge in [0.2, 0.25) is 0 Å². The molecule has 0 atom stereocenters. The number of benzene rings is 1. The lowest BCUT2D eigenvalue weighted by Gasteiger charge is -2.10. The van der Waals surface area contributed by atoms with Gasteiger partial charge in [0.25, 0.3) is 0 Å². The van der Waals surface area contributed by atoms with E-state index >= 15 is 0 Å². The van der Waals surface area contributed by atoms with Crippen LogP contribution in [0.4, 0.5) is 0 Å². The number of halogens is 1. The maximum absolute atomic E-state index is 8.94. The summed E-state index contributed by atoms with van der Waals surface area (Å²) in [4.78, 5) is 0. The molecule has 0 saturated heterocycles. The molecule has 1 N–H and O–H groups in total. The number of hydrogen-bond acceptors (Lipinski definition) is 5. The minimum atomic E-state index is 0.133. The fourth-order valence-corrected chi connectivity index (χ4v) is 3.00. The highest BCUT2D eigenvalue weighted by atomic mass is 35.5. The van der Waals surface area contributed by atoms with Crippen molar-refractivity contribution in [3.8, 4) is 5.75 Å². The predicted molar refractivity (Wildman–Crippen MR) is 81.9 cm³/mol. The van der Waals surface area contributed by atoms with E-state index in [1.54, 1.807) is 6.07 Å². The van der Waals surface area contributed by atoms with Crippen molar-refractivity contribution in [1.82, 2.24) is 14.8 Å². The Morgan fingerprint density at radius 2 is 2.14 bits per heavy atom. The maximum atomic E-state index is 8.94. The van der Waals surface area contributed by atoms with Crippen molar-refractivity contribution in [3.63, 3.8) is 0 Å². The van der Waals surface area contributed by atoms with Crippen LogP contribution in [0.2, 0.25) is 5.02 Å². The Morgan fingerprint density at radius 3 is 2.86 bits per heavy atom. The lowest BCUT2D eigenvalue weighted by Crippen LogP contribution is -2.07. The van der Waals surface area contributed by atoms with Crippen LogP contribution in [0.1, 0.15) is 24.7 Å². The summed E-state index contributed by atoms with van der Waals surface area (Å²) in [5.41, 5.74) is 0. The molecule has 2 aromatic rings. The van der Waals surface area contributed by atoms with Gasteiger partial charge in [-0.25, -0.2) is 0 Å². The van der Waals surface area contributed by atoms with Gasteiger partial charge in [0.1, 0.15) is 12.4 Å². The van der Waals surface area contributed by atoms with E-state index in [9.17, 15) is 0 Å². The van der Waals surface area contributed by atoms with Crippen LogP contribution in [0.3, 0.4) is 0 Å². The minimum Gasteiger partial charge on any atom is -0.484 e. The third kappa shape index (κ3) is 3.51. The Balaban J connectivity index is 1.73. The first-order valence-corrected chi connectivity index (χ1v) is 8.20. The van der Waals surface area contributed by atoms with Crippen molar-refractivity contribution < 1.29 is 9.84 Å². The molecule has 0 spiro atoms. The lowest BCUT2D eigenvalue weighted by atomic mass is 10.3. The second-order valence-electron chi connectivity index (χ2n) is 4.79. The Labute approximate surface area is 132 Å². The third-order valence-electron chi connectivity index (χ3n) is 3.16. The zero-order valence-corrected chi connectivity index (χ0v) is 13.0. The van der Waals surface area contributed by atoms with Crippen LogP contribution >= 0.6 is 23.4 Å². The monoisotopic (exact) mass is 325 g/mol. The number of thioether (sulfide) groups is 1. The smallest absolute Gasteiger partial charge is 0.191 e. The molecular weight excluding hydrogens is 310 g/mol. The number of rotatable bonds is 7. The molecule has 7 heteroatoms. The normalized spacial score (nSPS) is 14.4. The van der Waals surface area contributed by atoms with Gasteiger partial charge in [0.15, 0.2) is 11.0 Å². The number of aromatic nitrogens is 3. The van der Waals surface area contributed by atoms with Gasteiger partial charge in [-0.3, -0.25) is 0 Å². The first-order chi connectivity index (χ1) is 10.3. The molecule has 0 radical (unpaired) electrons. The molecule has 1 aliphatic rings. The van der Waals surface area contributed by atoms with E-state index in [-0.39, 0.29) is 6.61 Å². The van der Waals surface area contributed by atoms with E-state index in [1.807, 2.05) is 18.2 Å². The second-order valence-corrected chi connectivity index (χ2v) is 6.26. The molecule has 1 saturated carbocycles. The standard InChI is InChI=1S/C14H16ClN3O2S/c15-11-3-1-2-4-12(11)20-9-13-16-17-14(21-8-7-19)18(13)10-5-6-10/h1-4,10,19H,5-9H2. The third-order valence-corrected chi connectivity index (χ3v) is 4.40. The molecule has 1 heterocycles. The number of hydrogen-bond donors (Lipinski definition) is 1. The Morgan fingerprint density at radius 1 is 1.33 bits per heavy atom. The summed E-state index contributed by atoms with van der Waals surface area (Å²) >= 11 is 7.60. The molecule has 3 rings (SSSR count). The van der Waals surface area contributed by atoms with Gasteiger partial charge in [-0.15, -0.1) is 10.2 Å². The molecule has 21 heavy (non-hydrogen) atoms. The van der Waals surface area contributed by atoms with Gasteiger partial charge in [-0.2, -0.15) is 0 Å². The van der Waals surface area contributed by atoms with Crippen LogP contribution in [0, 0.1) is 0 Å². The van der Waals surface area contributed by atoms with Crippen LogP contribution in [-0.2, 0) is 6.61 Å². The van der Waals surface area contributed by atoms with Gasteiger partial charge in [-0.05, 0) is 25.0 Å². The molecule has 1 fully saturated rings. The topological polar surface area (TPSA) is 60.2 Å². The summed E-state index contributed by atoms with van der Waals surface area (Å²) < 4.78 is 7.87. The largest absolute Gasteiger partial charge is 0.484 e. The van der Waals surface area contributed by atoms with Crippen LogP contribution in [0.15, 0.2) is 29.4 Å². The van der Waals surface area contributed by atoms with Gasteiger partial charge in [0.05, 0.1) is 11.6 Å². The van der Waals surface area contributed by atoms with E-state index in [0.29, 0.717) is 29.2 Å². The van der Waals surface area contributed by atoms with E-state index in [2.05, 4.69) is 14.8 Å². The maximum Gasteiger partial charge on any atom is 0.191 e. The highest BCUT2D eigenvalue weighted by molar-refractivity contribution is 7.99. The minimum absolute atomic E-state index is 0.133. The quantitative estimate of drug-likeness (QED) is 0.793. The van der Waals surface area contributed by atoms with Crippen molar-refractivity contribution in [2.24, 2.45) is 0 Å². The predicted octanol–water partition coefficient (Wildman–Crippen LogP) is 2.93. The van der Waals surface area contributed by atoms with Gasteiger partial charge < -0.3 is 14.4 Å². The number of nitrogens with zero attached hydrogens (tertiary/aromatic N) is 3. The summed E-state index contributed by atoms with van der Waals surface area (Å²) in [5, 5.41) is 18.8. The van der Waals surface area contributed by atoms with Crippen molar-refractivity contribution >= 4 is 23.4 Å². The van der Waals surface area contributed by atoms with E-state index < -0.39 is 0 Å². The average molecular weight is 326 g/mol. The van der Waals surface area contributed by atoms with Crippen LogP contribution in [0.5, 0.6) is 5.75 Å². The summed E-state index contributed by atoms with van der Waals surface area (Å²) in [6.45, 7) is 0.473. The zero-order chi connectivity index (χ0) is 14.7. The molecule has 1 aromatic heterocycles. The second kappa shape index (κ2) is 6.68. The summed E-state index contributed by atoms with van der Waals surface area (Å²) in [6, 6.07) is 7.85. The van der Waals surface area contributed by atoms with Gasteiger partial charge in [0, 0.05) is 11.8 Å². The van der Waals surface area contributed by atoms with Crippen molar-refractivity contribution in [2.45, 2.75) is 30.6 Å². The number of ether oxygens (including phenoxy) is 1. The number of para-hydroxylation sites is 1. The molecule has 1 aromatic carbocycles. The Kier molecular flexibility index (Phi) is 4.67. The molecule has 5 nitrogen and oxygen atoms in total. The fraction of sp³-hybridized carbons (Fsp3) is 0.429. The van der Waals surface area contributed by atoms with E-state index in [4.69, 9.17) is 21.4 Å². The molecule has 112 valence electrons. The molecule has 0 aliphatic heterocycles. The molecule has 1 aliphatic carbocycles. The summed E-state index contributed by atoms with van der Waals surface area (Å²) in [7, 11) is 0. The zero-order valence-electron chi connectivity index (χ0n) is 11.4. The van der Waals surface area contributed by atoms with Crippen molar-refractivity contribution in [3.05, 3.63) is 35.1 Å². The molecule has 0 bridgehead atoms. The molecular formula is C14H16ClN3O2S. The summed E-state index contributed by atoms with van der Waals surface area (Å²) in [6.07, 6.45) is 2.29. The van der Waals surface area contributed by atoms with Crippen LogP contribution in [-0.4, -0.2) is 32.2 Å². The van der Waals surface area contributed by atoms with E-state index in [1.165, 1.54) is 11.8 Å². The molecule has 0 unspecified atom stereocenters. The summed E-state index contributed by atoms with van der Waals surface area (Å²) in [5.74, 6) is 2.07. The highest BCUT2D eigenvalue weighted by Crippen LogP contribution is 2.39. The fourth-order valence-electron chi connectivity index (χ4n) is 2.04. The number of aliphatic hydroxyl groups excluding tert-OH is 1. The SMILES string of the molecule is OCCSc1nnc(COc2ccccc2Cl)n1C1CC1. The average Bonchev–Trinajstić information content (AvgIpc) is 3.25. The Bertz CT molecular complexity index is 616. The number of aliphatic hydroxyl groups is 1. The van der Waals surface area contributed by atoms with Crippen LogP contribution in [0.25, 0.3) is 0 Å². The van der Waals surface area contributed by atoms with E-state index in [0.717, 1.165) is 23.8 Å². The van der Waals surface area contributed by atoms with Crippen LogP contribution < -0.4 is 4.74 Å². The van der Waals surface area contributed by atoms with Gasteiger partial charge >= 0.3 is 0 Å². The molecule has 0 amide bonds. The lowest BCUT2D eigenvalue weighted by molar-refractivity contribution is 0.288. The highest BCUT2D eigenvalue weighted by Gasteiger charge is 2.29. The van der Waals surface area contributed by atoms with Crippen molar-refractivity contribution in [1.29, 1.82) is 0 Å². The first-order valence-electron chi connectivity index (χ1n) is 6.84. The Hall–Kier alpha value is -1.24. The van der Waals surface area contributed by atoms with Gasteiger partial charge in [-0.1, -0.05) is 35.5 Å². The first kappa shape index (κ1) is 14.7. The van der Waals surface area contributed by atoms with Crippen molar-refractivity contribution in [2.75, 3.05) is 12.4 Å².